The van der Waals surface area contributed by atoms with Crippen LogP contribution in [-0.4, -0.2) is 18.4 Å². The van der Waals surface area contributed by atoms with Gasteiger partial charge in [0.15, 0.2) is 0 Å². The lowest BCUT2D eigenvalue weighted by Crippen LogP contribution is -2.15. The number of pyridine rings is 1. The molecule has 2 rings (SSSR count). The van der Waals surface area contributed by atoms with Crippen LogP contribution in [0.5, 0.6) is 0 Å². The quantitative estimate of drug-likeness (QED) is 0.834. The van der Waals surface area contributed by atoms with Gasteiger partial charge < -0.3 is 5.73 Å². The van der Waals surface area contributed by atoms with Gasteiger partial charge in [0, 0.05) is 6.20 Å². The molecule has 21 heavy (non-hydrogen) atoms. The van der Waals surface area contributed by atoms with Gasteiger partial charge in [0.1, 0.15) is 9.88 Å². The van der Waals surface area contributed by atoms with Crippen LogP contribution in [0.3, 0.4) is 0 Å². The van der Waals surface area contributed by atoms with Crippen LogP contribution in [0.4, 0.5) is 5.69 Å². The Morgan fingerprint density at radius 1 is 1.33 bits per heavy atom. The average Bonchev–Trinajstić information content (AvgIpc) is 2.42. The first-order chi connectivity index (χ1) is 9.79. The summed E-state index contributed by atoms with van der Waals surface area (Å²) in [5, 5.41) is 0.325. The van der Waals surface area contributed by atoms with E-state index in [0.717, 1.165) is 5.56 Å². The van der Waals surface area contributed by atoms with Gasteiger partial charge in [-0.15, -0.1) is 0 Å². The number of halogens is 1. The molecule has 0 fully saturated rings. The number of hydrogen-bond donors (Lipinski definition) is 2. The van der Waals surface area contributed by atoms with E-state index in [1.54, 1.807) is 18.2 Å². The van der Waals surface area contributed by atoms with Gasteiger partial charge in [0.2, 0.25) is 0 Å². The first-order valence-electron chi connectivity index (χ1n) is 5.84. The molecule has 1 heterocycles. The zero-order valence-electron chi connectivity index (χ0n) is 11.0. The lowest BCUT2D eigenvalue weighted by molar-refractivity contribution is 0.601. The second kappa shape index (κ2) is 5.97. The number of sulfonamides is 1. The lowest BCUT2D eigenvalue weighted by Gasteiger charge is -2.10. The van der Waals surface area contributed by atoms with E-state index in [1.165, 1.54) is 18.3 Å². The van der Waals surface area contributed by atoms with Gasteiger partial charge in [0.25, 0.3) is 10.0 Å². The minimum absolute atomic E-state index is 0.000795. The Morgan fingerprint density at radius 2 is 2.05 bits per heavy atom. The predicted octanol–water partition coefficient (Wildman–Crippen LogP) is 2.48. The van der Waals surface area contributed by atoms with Gasteiger partial charge in [-0.2, -0.15) is 0 Å². The molecule has 3 N–H and O–H groups in total. The van der Waals surface area contributed by atoms with E-state index >= 15 is 0 Å². The van der Waals surface area contributed by atoms with Crippen LogP contribution in [0.2, 0.25) is 5.02 Å². The number of nitrogens with zero attached hydrogens (tertiary/aromatic N) is 1. The van der Waals surface area contributed by atoms with E-state index in [2.05, 4.69) is 9.71 Å². The summed E-state index contributed by atoms with van der Waals surface area (Å²) in [4.78, 5) is 4.01. The molecule has 1 aromatic carbocycles. The maximum Gasteiger partial charge on any atom is 0.263 e. The Hall–Kier alpha value is -1.70. The van der Waals surface area contributed by atoms with E-state index in [4.69, 9.17) is 29.6 Å². The van der Waals surface area contributed by atoms with Crippen molar-refractivity contribution < 1.29 is 8.42 Å². The molecule has 0 aliphatic carbocycles. The van der Waals surface area contributed by atoms with E-state index in [0.29, 0.717) is 16.4 Å². The van der Waals surface area contributed by atoms with Crippen LogP contribution in [0.15, 0.2) is 41.4 Å². The number of rotatable bonds is 4. The van der Waals surface area contributed by atoms with E-state index in [1.807, 2.05) is 6.92 Å². The number of aromatic nitrogens is 1. The van der Waals surface area contributed by atoms with Crippen LogP contribution in [0.1, 0.15) is 11.3 Å². The summed E-state index contributed by atoms with van der Waals surface area (Å²) in [6, 6.07) is 7.87. The van der Waals surface area contributed by atoms with Crippen molar-refractivity contribution in [3.05, 3.63) is 52.8 Å². The van der Waals surface area contributed by atoms with Crippen molar-refractivity contribution in [3.8, 4) is 0 Å². The average molecular weight is 342 g/mol. The van der Waals surface area contributed by atoms with Crippen molar-refractivity contribution in [3.63, 3.8) is 0 Å². The minimum Gasteiger partial charge on any atom is -0.388 e. The topological polar surface area (TPSA) is 85.1 Å². The third-order valence-corrected chi connectivity index (χ3v) is 4.54. The van der Waals surface area contributed by atoms with Gasteiger partial charge in [-0.05, 0) is 36.8 Å². The fourth-order valence-electron chi connectivity index (χ4n) is 1.59. The fourth-order valence-corrected chi connectivity index (χ4v) is 3.07. The molecular weight excluding hydrogens is 330 g/mol. The van der Waals surface area contributed by atoms with Crippen LogP contribution in [-0.2, 0) is 10.0 Å². The maximum absolute atomic E-state index is 12.2. The summed E-state index contributed by atoms with van der Waals surface area (Å²) in [6.45, 7) is 1.86. The lowest BCUT2D eigenvalue weighted by atomic mass is 10.2. The molecule has 2 aromatic rings. The minimum atomic E-state index is -3.77. The van der Waals surface area contributed by atoms with Gasteiger partial charge in [-0.25, -0.2) is 8.42 Å². The molecule has 0 saturated carbocycles. The number of thiocarbonyl (C=S) groups is 1. The Labute approximate surface area is 133 Å². The summed E-state index contributed by atoms with van der Waals surface area (Å²) in [5.74, 6) is 0. The summed E-state index contributed by atoms with van der Waals surface area (Å²) in [6.07, 6.45) is 1.19. The molecule has 0 unspecified atom stereocenters. The highest BCUT2D eigenvalue weighted by molar-refractivity contribution is 7.92. The highest BCUT2D eigenvalue weighted by Gasteiger charge is 2.16. The van der Waals surface area contributed by atoms with Crippen LogP contribution in [0, 0.1) is 6.92 Å². The zero-order valence-corrected chi connectivity index (χ0v) is 13.4. The maximum atomic E-state index is 12.2. The van der Waals surface area contributed by atoms with Gasteiger partial charge >= 0.3 is 0 Å². The normalized spacial score (nSPS) is 11.1. The third-order valence-electron chi connectivity index (χ3n) is 2.67. The van der Waals surface area contributed by atoms with Crippen molar-refractivity contribution in [1.82, 2.24) is 4.98 Å². The number of anilines is 1. The van der Waals surface area contributed by atoms with Gasteiger partial charge in [-0.3, -0.25) is 9.71 Å². The fraction of sp³-hybridized carbons (Fsp3) is 0.0769. The van der Waals surface area contributed by atoms with E-state index in [9.17, 15) is 8.42 Å². The highest BCUT2D eigenvalue weighted by atomic mass is 35.5. The second-order valence-corrected chi connectivity index (χ2v) is 6.86. The number of nitrogens with two attached hydrogens (primary N) is 1. The standard InChI is InChI=1S/C13H12ClN3O2S2/c1-8-2-4-11(10(14)6-8)17-21(18,19)9-3-5-12(13(15)20)16-7-9/h2-7,17H,1H3,(H2,15,20). The monoisotopic (exact) mass is 341 g/mol. The van der Waals surface area contributed by atoms with Gasteiger partial charge in [0.05, 0.1) is 16.4 Å². The molecule has 0 saturated heterocycles. The zero-order chi connectivity index (χ0) is 15.6. The molecule has 0 aliphatic rings. The molecule has 110 valence electrons. The van der Waals surface area contributed by atoms with Gasteiger partial charge in [-0.1, -0.05) is 29.9 Å². The van der Waals surface area contributed by atoms with Crippen molar-refractivity contribution in [2.45, 2.75) is 11.8 Å². The number of aryl methyl sites for hydroxylation is 1. The van der Waals surface area contributed by atoms with Crippen molar-refractivity contribution >= 4 is 44.5 Å². The molecule has 0 radical (unpaired) electrons. The van der Waals surface area contributed by atoms with E-state index < -0.39 is 10.0 Å². The molecule has 0 spiro atoms. The highest BCUT2D eigenvalue weighted by Crippen LogP contribution is 2.25. The Kier molecular flexibility index (Phi) is 4.46. The molecule has 1 aromatic heterocycles. The smallest absolute Gasteiger partial charge is 0.263 e. The molecule has 8 heteroatoms. The molecule has 5 nitrogen and oxygen atoms in total. The first-order valence-corrected chi connectivity index (χ1v) is 8.11. The van der Waals surface area contributed by atoms with Crippen molar-refractivity contribution in [2.75, 3.05) is 4.72 Å². The molecule has 0 atom stereocenters. The molecule has 0 bridgehead atoms. The third kappa shape index (κ3) is 3.69. The first kappa shape index (κ1) is 15.7. The summed E-state index contributed by atoms with van der Waals surface area (Å²) < 4.78 is 26.9. The SMILES string of the molecule is Cc1ccc(NS(=O)(=O)c2ccc(C(N)=S)nc2)c(Cl)c1. The van der Waals surface area contributed by atoms with Crippen LogP contribution >= 0.6 is 23.8 Å². The molecular formula is C13H12ClN3O2S2. The number of nitrogens with one attached hydrogen (secondary N) is 1. The van der Waals surface area contributed by atoms with Crippen LogP contribution < -0.4 is 10.5 Å². The Bertz CT molecular complexity index is 790. The summed E-state index contributed by atoms with van der Waals surface area (Å²) in [5.41, 5.74) is 7.02. The number of hydrogen-bond acceptors (Lipinski definition) is 4. The second-order valence-electron chi connectivity index (χ2n) is 4.33. The largest absolute Gasteiger partial charge is 0.388 e. The molecule has 0 amide bonds. The number of benzene rings is 1. The van der Waals surface area contributed by atoms with Crippen molar-refractivity contribution in [2.24, 2.45) is 5.73 Å². The summed E-state index contributed by atoms with van der Waals surface area (Å²) >= 11 is 10.8. The molecule has 0 aliphatic heterocycles. The van der Waals surface area contributed by atoms with Crippen molar-refractivity contribution in [1.29, 1.82) is 0 Å². The Balaban J connectivity index is 2.31. The van der Waals surface area contributed by atoms with Crippen LogP contribution in [0.25, 0.3) is 0 Å². The summed E-state index contributed by atoms with van der Waals surface area (Å²) in [7, 11) is -3.77. The van der Waals surface area contributed by atoms with E-state index in [-0.39, 0.29) is 9.88 Å². The predicted molar refractivity (Wildman–Crippen MR) is 87.1 cm³/mol. The Morgan fingerprint density at radius 3 is 2.57 bits per heavy atom.